The molecule has 0 fully saturated rings. The van der Waals surface area contributed by atoms with Crippen molar-refractivity contribution in [2.24, 2.45) is 0 Å². The topological polar surface area (TPSA) is 66.0 Å². The van der Waals surface area contributed by atoms with Gasteiger partial charge in [-0.25, -0.2) is 0 Å². The van der Waals surface area contributed by atoms with Crippen LogP contribution in [0.15, 0.2) is 54.6 Å². The van der Waals surface area contributed by atoms with Crippen molar-refractivity contribution < 1.29 is 23.7 Å². The minimum Gasteiger partial charge on any atom is -0.496 e. The Labute approximate surface area is 176 Å². The quantitative estimate of drug-likeness (QED) is 0.505. The van der Waals surface area contributed by atoms with Crippen molar-refractivity contribution in [1.29, 1.82) is 0 Å². The molecule has 0 radical (unpaired) electrons. The van der Waals surface area contributed by atoms with Gasteiger partial charge in [-0.05, 0) is 23.9 Å². The third-order valence-electron chi connectivity index (χ3n) is 4.82. The van der Waals surface area contributed by atoms with Gasteiger partial charge in [-0.2, -0.15) is 0 Å². The minimum absolute atomic E-state index is 0.0478. The van der Waals surface area contributed by atoms with E-state index in [1.165, 1.54) is 0 Å². The second-order valence-corrected chi connectivity index (χ2v) is 6.73. The Hall–Kier alpha value is -3.41. The van der Waals surface area contributed by atoms with E-state index in [9.17, 15) is 4.79 Å². The maximum Gasteiger partial charge on any atom is 0.220 e. The Morgan fingerprint density at radius 2 is 1.53 bits per heavy atom. The van der Waals surface area contributed by atoms with Gasteiger partial charge in [-0.3, -0.25) is 4.79 Å². The molecular formula is C24H27NO5. The molecule has 3 aromatic carbocycles. The number of ether oxygens (including phenoxy) is 4. The van der Waals surface area contributed by atoms with Gasteiger partial charge in [-0.1, -0.05) is 36.4 Å². The summed E-state index contributed by atoms with van der Waals surface area (Å²) in [7, 11) is 4.72. The summed E-state index contributed by atoms with van der Waals surface area (Å²) in [6.07, 6.45) is 0.999. The van der Waals surface area contributed by atoms with Crippen LogP contribution in [-0.4, -0.2) is 33.8 Å². The first-order chi connectivity index (χ1) is 14.7. The van der Waals surface area contributed by atoms with Crippen LogP contribution in [0.2, 0.25) is 0 Å². The second kappa shape index (κ2) is 10.4. The first kappa shape index (κ1) is 21.3. The number of fused-ring (bicyclic) bond motifs is 1. The predicted octanol–water partition coefficient (Wildman–Crippen LogP) is 4.34. The Kier molecular flexibility index (Phi) is 7.38. The number of nitrogens with one attached hydrogen (secondary N) is 1. The summed E-state index contributed by atoms with van der Waals surface area (Å²) in [5.74, 6) is 2.59. The van der Waals surface area contributed by atoms with E-state index < -0.39 is 0 Å². The van der Waals surface area contributed by atoms with Crippen LogP contribution < -0.4 is 24.3 Å². The monoisotopic (exact) mass is 409 g/mol. The lowest BCUT2D eigenvalue weighted by Gasteiger charge is -2.14. The zero-order valence-electron chi connectivity index (χ0n) is 17.6. The van der Waals surface area contributed by atoms with Crippen LogP contribution >= 0.6 is 0 Å². The predicted molar refractivity (Wildman–Crippen MR) is 117 cm³/mol. The fourth-order valence-corrected chi connectivity index (χ4v) is 3.25. The third-order valence-corrected chi connectivity index (χ3v) is 4.82. The zero-order valence-corrected chi connectivity index (χ0v) is 17.6. The van der Waals surface area contributed by atoms with E-state index in [2.05, 4.69) is 17.4 Å². The van der Waals surface area contributed by atoms with Crippen LogP contribution in [0.1, 0.15) is 18.4 Å². The number of hydrogen-bond donors (Lipinski definition) is 1. The molecule has 0 aliphatic rings. The molecule has 0 bridgehead atoms. The lowest BCUT2D eigenvalue weighted by Crippen LogP contribution is -2.23. The van der Waals surface area contributed by atoms with E-state index in [0.29, 0.717) is 43.2 Å². The molecule has 0 atom stereocenters. The summed E-state index contributed by atoms with van der Waals surface area (Å²) in [6, 6.07) is 17.6. The van der Waals surface area contributed by atoms with Gasteiger partial charge in [0.15, 0.2) is 11.5 Å². The van der Waals surface area contributed by atoms with Gasteiger partial charge < -0.3 is 24.3 Å². The van der Waals surface area contributed by atoms with E-state index >= 15 is 0 Å². The van der Waals surface area contributed by atoms with Gasteiger partial charge in [0.1, 0.15) is 11.5 Å². The van der Waals surface area contributed by atoms with Crippen molar-refractivity contribution in [2.75, 3.05) is 27.9 Å². The molecule has 0 aliphatic heterocycles. The number of methoxy groups -OCH3 is 3. The lowest BCUT2D eigenvalue weighted by molar-refractivity contribution is -0.121. The Morgan fingerprint density at radius 3 is 2.30 bits per heavy atom. The summed E-state index contributed by atoms with van der Waals surface area (Å²) in [5, 5.41) is 5.13. The number of carbonyl (C=O) groups excluding carboxylic acids is 1. The van der Waals surface area contributed by atoms with Crippen LogP contribution in [0, 0.1) is 0 Å². The van der Waals surface area contributed by atoms with E-state index in [0.717, 1.165) is 22.1 Å². The molecule has 0 unspecified atom stereocenters. The van der Waals surface area contributed by atoms with E-state index in [1.54, 1.807) is 27.4 Å². The number of hydrogen-bond acceptors (Lipinski definition) is 5. The molecular weight excluding hydrogens is 382 g/mol. The molecule has 0 aliphatic carbocycles. The van der Waals surface area contributed by atoms with Crippen LogP contribution in [-0.2, 0) is 11.3 Å². The SMILES string of the molecule is COc1cc(OC)c(OC)cc1CNC(=O)CCCOc1cccc2ccccc12. The molecule has 6 nitrogen and oxygen atoms in total. The van der Waals surface area contributed by atoms with Gasteiger partial charge in [0, 0.05) is 30.0 Å². The van der Waals surface area contributed by atoms with Crippen molar-refractivity contribution in [3.8, 4) is 23.0 Å². The van der Waals surface area contributed by atoms with E-state index in [1.807, 2.05) is 36.4 Å². The summed E-state index contributed by atoms with van der Waals surface area (Å²) < 4.78 is 21.9. The first-order valence-corrected chi connectivity index (χ1v) is 9.82. The summed E-state index contributed by atoms with van der Waals surface area (Å²) >= 11 is 0. The van der Waals surface area contributed by atoms with E-state index in [-0.39, 0.29) is 5.91 Å². The Morgan fingerprint density at radius 1 is 0.833 bits per heavy atom. The maximum absolute atomic E-state index is 12.3. The van der Waals surface area contributed by atoms with Gasteiger partial charge in [-0.15, -0.1) is 0 Å². The van der Waals surface area contributed by atoms with E-state index in [4.69, 9.17) is 18.9 Å². The van der Waals surface area contributed by atoms with Crippen LogP contribution in [0.5, 0.6) is 23.0 Å². The molecule has 3 rings (SSSR count). The largest absolute Gasteiger partial charge is 0.496 e. The molecule has 30 heavy (non-hydrogen) atoms. The molecule has 1 amide bonds. The van der Waals surface area contributed by atoms with Gasteiger partial charge in [0.05, 0.1) is 27.9 Å². The van der Waals surface area contributed by atoms with Gasteiger partial charge >= 0.3 is 0 Å². The molecule has 0 saturated carbocycles. The number of amides is 1. The molecule has 3 aromatic rings. The molecule has 0 heterocycles. The van der Waals surface area contributed by atoms with Crippen molar-refractivity contribution in [1.82, 2.24) is 5.32 Å². The van der Waals surface area contributed by atoms with Gasteiger partial charge in [0.2, 0.25) is 5.91 Å². The third kappa shape index (κ3) is 5.14. The molecule has 0 saturated heterocycles. The fraction of sp³-hybridized carbons (Fsp3) is 0.292. The first-order valence-electron chi connectivity index (χ1n) is 9.82. The Bertz CT molecular complexity index is 997. The lowest BCUT2D eigenvalue weighted by atomic mass is 10.1. The summed E-state index contributed by atoms with van der Waals surface area (Å²) in [6.45, 7) is 0.813. The molecule has 1 N–H and O–H groups in total. The second-order valence-electron chi connectivity index (χ2n) is 6.73. The van der Waals surface area contributed by atoms with Crippen LogP contribution in [0.3, 0.4) is 0 Å². The fourth-order valence-electron chi connectivity index (χ4n) is 3.25. The van der Waals surface area contributed by atoms with Crippen molar-refractivity contribution in [3.63, 3.8) is 0 Å². The highest BCUT2D eigenvalue weighted by molar-refractivity contribution is 5.88. The maximum atomic E-state index is 12.3. The number of benzene rings is 3. The standard InChI is InChI=1S/C24H27NO5/c1-27-21-15-23(29-3)22(28-2)14-18(21)16-25-24(26)12-7-13-30-20-11-6-9-17-8-4-5-10-19(17)20/h4-6,8-11,14-15H,7,12-13,16H2,1-3H3,(H,25,26). The van der Waals surface area contributed by atoms with Gasteiger partial charge in [0.25, 0.3) is 0 Å². The highest BCUT2D eigenvalue weighted by Crippen LogP contribution is 2.34. The highest BCUT2D eigenvalue weighted by atomic mass is 16.5. The molecule has 158 valence electrons. The number of rotatable bonds is 10. The normalized spacial score (nSPS) is 10.5. The number of carbonyl (C=O) groups is 1. The average molecular weight is 409 g/mol. The average Bonchev–Trinajstić information content (AvgIpc) is 2.79. The molecule has 6 heteroatoms. The summed E-state index contributed by atoms with van der Waals surface area (Å²) in [4.78, 5) is 12.3. The Balaban J connectivity index is 1.49. The minimum atomic E-state index is -0.0478. The van der Waals surface area contributed by atoms with Crippen LogP contribution in [0.4, 0.5) is 0 Å². The molecule has 0 spiro atoms. The van der Waals surface area contributed by atoms with Crippen molar-refractivity contribution in [2.45, 2.75) is 19.4 Å². The molecule has 0 aromatic heterocycles. The smallest absolute Gasteiger partial charge is 0.220 e. The van der Waals surface area contributed by atoms with Crippen LogP contribution in [0.25, 0.3) is 10.8 Å². The zero-order chi connectivity index (χ0) is 21.3. The highest BCUT2D eigenvalue weighted by Gasteiger charge is 2.13. The summed E-state index contributed by atoms with van der Waals surface area (Å²) in [5.41, 5.74) is 0.815. The van der Waals surface area contributed by atoms with Crippen molar-refractivity contribution >= 4 is 16.7 Å². The van der Waals surface area contributed by atoms with Crippen molar-refractivity contribution in [3.05, 3.63) is 60.2 Å².